The van der Waals surface area contributed by atoms with E-state index in [2.05, 4.69) is 15.0 Å². The molecule has 2 aromatic carbocycles. The molecule has 0 radical (unpaired) electrons. The summed E-state index contributed by atoms with van der Waals surface area (Å²) in [6.07, 6.45) is -4.51. The van der Waals surface area contributed by atoms with E-state index < -0.39 is 33.1 Å². The number of aromatic nitrogens is 1. The minimum Gasteiger partial charge on any atom is -0.318 e. The monoisotopic (exact) mass is 549 g/mol. The number of fused-ring (bicyclic) bond motifs is 1. The lowest BCUT2D eigenvalue weighted by Crippen LogP contribution is -2.34. The first kappa shape index (κ1) is 25.2. The lowest BCUT2D eigenvalue weighted by Gasteiger charge is -2.22. The van der Waals surface area contributed by atoms with E-state index in [0.29, 0.717) is 33.9 Å². The topological polar surface area (TPSA) is 88.9 Å². The van der Waals surface area contributed by atoms with Gasteiger partial charge in [0.25, 0.3) is 10.0 Å². The van der Waals surface area contributed by atoms with Gasteiger partial charge in [-0.15, -0.1) is 0 Å². The number of benzene rings is 2. The van der Waals surface area contributed by atoms with Gasteiger partial charge < -0.3 is 4.84 Å². The summed E-state index contributed by atoms with van der Waals surface area (Å²) in [6.45, 7) is 3.79. The van der Waals surface area contributed by atoms with Gasteiger partial charge in [-0.25, -0.2) is 18.2 Å². The van der Waals surface area contributed by atoms with Crippen LogP contribution in [0.25, 0.3) is 11.3 Å². The number of carbonyl (C=O) groups is 1. The first-order valence-electron chi connectivity index (χ1n) is 11.1. The van der Waals surface area contributed by atoms with Crippen LogP contribution in [0.15, 0.2) is 64.6 Å². The average Bonchev–Trinajstić information content (AvgIpc) is 3.39. The van der Waals surface area contributed by atoms with Gasteiger partial charge in [-0.05, 0) is 36.4 Å². The van der Waals surface area contributed by atoms with Crippen LogP contribution in [0.4, 0.5) is 18.9 Å². The third kappa shape index (κ3) is 4.46. The molecular weight excluding hydrogens is 531 g/mol. The molecule has 5 rings (SSSR count). The van der Waals surface area contributed by atoms with Crippen molar-refractivity contribution in [1.29, 1.82) is 0 Å². The van der Waals surface area contributed by atoms with Gasteiger partial charge >= 0.3 is 12.1 Å². The van der Waals surface area contributed by atoms with Crippen LogP contribution in [-0.4, -0.2) is 31.6 Å². The molecule has 0 atom stereocenters. The molecule has 37 heavy (non-hydrogen) atoms. The Balaban J connectivity index is 1.49. The SMILES string of the molecule is CC1(C)CN(S(=O)(=O)c2ccc(C3=NOC(=O)C3)c(Cl)c2)c2ccc(-c3ccc(C(F)(F)F)cc3)nc21. The molecular formula is C25H19ClF3N3O4S. The van der Waals surface area contributed by atoms with Gasteiger partial charge in [0.2, 0.25) is 0 Å². The van der Waals surface area contributed by atoms with E-state index in [-0.39, 0.29) is 22.9 Å². The van der Waals surface area contributed by atoms with E-state index in [1.54, 1.807) is 12.1 Å². The van der Waals surface area contributed by atoms with Crippen LogP contribution in [0.3, 0.4) is 0 Å². The Hall–Kier alpha value is -3.44. The van der Waals surface area contributed by atoms with E-state index in [9.17, 15) is 26.4 Å². The van der Waals surface area contributed by atoms with Gasteiger partial charge in [0.05, 0.1) is 39.0 Å². The summed E-state index contributed by atoms with van der Waals surface area (Å²) in [7, 11) is -4.05. The second kappa shape index (κ2) is 8.56. The van der Waals surface area contributed by atoms with Crippen LogP contribution in [0.2, 0.25) is 5.02 Å². The molecule has 0 bridgehead atoms. The minimum absolute atomic E-state index is 0.0532. The van der Waals surface area contributed by atoms with Crippen LogP contribution in [0.5, 0.6) is 0 Å². The number of oxime groups is 1. The number of hydrogen-bond donors (Lipinski definition) is 0. The highest BCUT2D eigenvalue weighted by atomic mass is 35.5. The maximum Gasteiger partial charge on any atom is 0.416 e. The average molecular weight is 550 g/mol. The molecule has 7 nitrogen and oxygen atoms in total. The molecule has 192 valence electrons. The van der Waals surface area contributed by atoms with Crippen LogP contribution in [0, 0.1) is 0 Å². The molecule has 0 unspecified atom stereocenters. The number of alkyl halides is 3. The molecule has 1 aromatic heterocycles. The zero-order valence-corrected chi connectivity index (χ0v) is 21.1. The maximum absolute atomic E-state index is 13.6. The van der Waals surface area contributed by atoms with Crippen molar-refractivity contribution in [3.05, 3.63) is 76.4 Å². The molecule has 0 saturated carbocycles. The van der Waals surface area contributed by atoms with Crippen molar-refractivity contribution >= 4 is 39.0 Å². The van der Waals surface area contributed by atoms with E-state index in [0.717, 1.165) is 12.1 Å². The summed E-state index contributed by atoms with van der Waals surface area (Å²) >= 11 is 6.34. The Kier molecular flexibility index (Phi) is 5.83. The highest BCUT2D eigenvalue weighted by Crippen LogP contribution is 2.43. The first-order chi connectivity index (χ1) is 17.3. The fraction of sp³-hybridized carbons (Fsp3) is 0.240. The number of rotatable bonds is 4. The number of hydrogen-bond acceptors (Lipinski definition) is 6. The number of anilines is 1. The summed E-state index contributed by atoms with van der Waals surface area (Å²) in [5.74, 6) is -0.526. The number of sulfonamides is 1. The van der Waals surface area contributed by atoms with Crippen molar-refractivity contribution in [3.63, 3.8) is 0 Å². The summed E-state index contributed by atoms with van der Waals surface area (Å²) in [4.78, 5) is 20.5. The Morgan fingerprint density at radius 1 is 1.05 bits per heavy atom. The van der Waals surface area contributed by atoms with Gasteiger partial charge in [0.15, 0.2) is 0 Å². The van der Waals surface area contributed by atoms with Crippen LogP contribution < -0.4 is 4.31 Å². The lowest BCUT2D eigenvalue weighted by molar-refractivity contribution is -0.140. The molecule has 3 heterocycles. The fourth-order valence-electron chi connectivity index (χ4n) is 4.34. The molecule has 0 fully saturated rings. The summed E-state index contributed by atoms with van der Waals surface area (Å²) < 4.78 is 67.3. The van der Waals surface area contributed by atoms with E-state index in [1.165, 1.54) is 34.6 Å². The Morgan fingerprint density at radius 3 is 2.35 bits per heavy atom. The van der Waals surface area contributed by atoms with Gasteiger partial charge in [0, 0.05) is 23.1 Å². The normalized spacial score (nSPS) is 17.0. The molecule has 0 amide bonds. The van der Waals surface area contributed by atoms with Crippen molar-refractivity contribution in [3.8, 4) is 11.3 Å². The third-order valence-corrected chi connectivity index (χ3v) is 8.31. The standard InChI is InChI=1S/C25H19ClF3N3O4S/c1-24(2)13-32(37(34,35)16-7-8-17(18(26)11-16)20-12-22(33)36-31-20)21-10-9-19(30-23(21)24)14-3-5-15(6-4-14)25(27,28)29/h3-11H,12-13H2,1-2H3. The lowest BCUT2D eigenvalue weighted by atomic mass is 9.91. The Morgan fingerprint density at radius 2 is 1.76 bits per heavy atom. The fourth-order valence-corrected chi connectivity index (χ4v) is 6.36. The molecule has 2 aliphatic heterocycles. The zero-order chi connectivity index (χ0) is 26.8. The molecule has 12 heteroatoms. The number of halogens is 4. The smallest absolute Gasteiger partial charge is 0.318 e. The summed E-state index contributed by atoms with van der Waals surface area (Å²) in [5.41, 5.74) is 1.06. The molecule has 0 saturated heterocycles. The van der Waals surface area contributed by atoms with Crippen molar-refractivity contribution in [2.24, 2.45) is 5.16 Å². The summed E-state index contributed by atoms with van der Waals surface area (Å²) in [6, 6.07) is 12.0. The molecule has 2 aliphatic rings. The van der Waals surface area contributed by atoms with Crippen LogP contribution >= 0.6 is 11.6 Å². The van der Waals surface area contributed by atoms with Crippen molar-refractivity contribution in [2.45, 2.75) is 36.8 Å². The molecule has 0 N–H and O–H groups in total. The van der Waals surface area contributed by atoms with Crippen molar-refractivity contribution < 1.29 is 31.2 Å². The first-order valence-corrected chi connectivity index (χ1v) is 12.9. The summed E-state index contributed by atoms with van der Waals surface area (Å²) in [5, 5.41) is 3.78. The molecule has 3 aromatic rings. The van der Waals surface area contributed by atoms with Crippen molar-refractivity contribution in [2.75, 3.05) is 10.8 Å². The van der Waals surface area contributed by atoms with Crippen molar-refractivity contribution in [1.82, 2.24) is 4.98 Å². The number of pyridine rings is 1. The van der Waals surface area contributed by atoms with Crippen LogP contribution in [-0.2, 0) is 31.2 Å². The maximum atomic E-state index is 13.6. The van der Waals surface area contributed by atoms with Gasteiger partial charge in [-0.1, -0.05) is 48.8 Å². The quantitative estimate of drug-likeness (QED) is 0.398. The van der Waals surface area contributed by atoms with Gasteiger partial charge in [0.1, 0.15) is 5.71 Å². The predicted molar refractivity (Wildman–Crippen MR) is 131 cm³/mol. The largest absolute Gasteiger partial charge is 0.416 e. The highest BCUT2D eigenvalue weighted by molar-refractivity contribution is 7.92. The van der Waals surface area contributed by atoms with Gasteiger partial charge in [-0.2, -0.15) is 13.2 Å². The minimum atomic E-state index is -4.45. The Bertz CT molecular complexity index is 1570. The Labute approximate surface area is 215 Å². The number of nitrogens with zero attached hydrogens (tertiary/aromatic N) is 3. The van der Waals surface area contributed by atoms with E-state index in [1.807, 2.05) is 13.8 Å². The molecule has 0 spiro atoms. The van der Waals surface area contributed by atoms with E-state index >= 15 is 0 Å². The van der Waals surface area contributed by atoms with E-state index in [4.69, 9.17) is 11.6 Å². The predicted octanol–water partition coefficient (Wildman–Crippen LogP) is 5.56. The molecule has 0 aliphatic carbocycles. The zero-order valence-electron chi connectivity index (χ0n) is 19.5. The van der Waals surface area contributed by atoms with Crippen LogP contribution in [0.1, 0.15) is 37.1 Å². The second-order valence-electron chi connectivity index (χ2n) is 9.35. The second-order valence-corrected chi connectivity index (χ2v) is 11.6. The highest BCUT2D eigenvalue weighted by Gasteiger charge is 2.43. The number of carbonyl (C=O) groups excluding carboxylic acids is 1. The third-order valence-electron chi connectivity index (χ3n) is 6.24. The van der Waals surface area contributed by atoms with Gasteiger partial charge in [-0.3, -0.25) is 4.31 Å².